The second-order valence-electron chi connectivity index (χ2n) is 6.37. The van der Waals surface area contributed by atoms with Crippen molar-refractivity contribution in [3.8, 4) is 0 Å². The number of piperidine rings is 1. The van der Waals surface area contributed by atoms with E-state index in [0.717, 1.165) is 6.42 Å². The average Bonchev–Trinajstić information content (AvgIpc) is 2.62. The van der Waals surface area contributed by atoms with E-state index in [1.54, 1.807) is 4.90 Å². The summed E-state index contributed by atoms with van der Waals surface area (Å²) in [5.41, 5.74) is 0.859. The fourth-order valence-corrected chi connectivity index (χ4v) is 3.37. The molecule has 0 aliphatic carbocycles. The Morgan fingerprint density at radius 1 is 0.920 bits per heavy atom. The third-order valence-corrected chi connectivity index (χ3v) is 4.81. The molecule has 1 amide bonds. The first-order valence-corrected chi connectivity index (χ1v) is 8.33. The maximum Gasteiger partial charge on any atom is 0.254 e. The molecule has 3 nitrogen and oxygen atoms in total. The van der Waals surface area contributed by atoms with Crippen LogP contribution in [0, 0.1) is 17.6 Å². The van der Waals surface area contributed by atoms with Gasteiger partial charge < -0.3 is 4.90 Å². The molecule has 0 saturated carbocycles. The average molecular weight is 343 g/mol. The van der Waals surface area contributed by atoms with Crippen molar-refractivity contribution in [2.24, 2.45) is 5.92 Å². The molecule has 3 rings (SSSR count). The van der Waals surface area contributed by atoms with E-state index in [0.29, 0.717) is 24.1 Å². The van der Waals surface area contributed by atoms with E-state index in [9.17, 15) is 18.4 Å². The molecule has 2 aromatic carbocycles. The van der Waals surface area contributed by atoms with Gasteiger partial charge in [0, 0.05) is 29.6 Å². The second kappa shape index (κ2) is 7.13. The highest BCUT2D eigenvalue weighted by Gasteiger charge is 2.36. The summed E-state index contributed by atoms with van der Waals surface area (Å²) in [7, 11) is 0. The Hall–Kier alpha value is -2.56. The van der Waals surface area contributed by atoms with Crippen LogP contribution < -0.4 is 0 Å². The van der Waals surface area contributed by atoms with E-state index in [2.05, 4.69) is 0 Å². The molecule has 1 aliphatic rings. The number of hydrogen-bond acceptors (Lipinski definition) is 2. The maximum atomic E-state index is 13.1. The summed E-state index contributed by atoms with van der Waals surface area (Å²) >= 11 is 0. The number of likely N-dealkylation sites (tertiary alicyclic amines) is 1. The molecule has 5 heteroatoms. The summed E-state index contributed by atoms with van der Waals surface area (Å²) in [5.74, 6) is -1.40. The molecule has 0 aromatic heterocycles. The summed E-state index contributed by atoms with van der Waals surface area (Å²) in [6, 6.07) is 10.6. The third-order valence-electron chi connectivity index (χ3n) is 4.81. The van der Waals surface area contributed by atoms with Crippen molar-refractivity contribution in [2.75, 3.05) is 6.54 Å². The first kappa shape index (κ1) is 17.3. The molecule has 25 heavy (non-hydrogen) atoms. The first-order valence-electron chi connectivity index (χ1n) is 8.33. The first-order chi connectivity index (χ1) is 12.0. The van der Waals surface area contributed by atoms with Gasteiger partial charge in [-0.2, -0.15) is 0 Å². The van der Waals surface area contributed by atoms with E-state index in [1.165, 1.54) is 48.5 Å². The number of nitrogens with zero attached hydrogens (tertiary/aromatic N) is 1. The fraction of sp³-hybridized carbons (Fsp3) is 0.300. The van der Waals surface area contributed by atoms with Crippen LogP contribution in [0.25, 0.3) is 0 Å². The molecule has 2 atom stereocenters. The lowest BCUT2D eigenvalue weighted by Gasteiger charge is -2.38. The van der Waals surface area contributed by atoms with Gasteiger partial charge >= 0.3 is 0 Å². The molecular formula is C20H19F2NO2. The Bertz CT molecular complexity index is 706. The summed E-state index contributed by atoms with van der Waals surface area (Å²) in [6.45, 7) is 2.41. The predicted octanol–water partition coefficient (Wildman–Crippen LogP) is 4.09. The van der Waals surface area contributed by atoms with Gasteiger partial charge in [0.2, 0.25) is 0 Å². The number of carbonyl (C=O) groups is 2. The van der Waals surface area contributed by atoms with E-state index < -0.39 is 5.82 Å². The molecule has 0 radical (unpaired) electrons. The maximum absolute atomic E-state index is 13.1. The Morgan fingerprint density at radius 3 is 2.00 bits per heavy atom. The molecule has 130 valence electrons. The highest BCUT2D eigenvalue weighted by atomic mass is 19.1. The molecule has 0 N–H and O–H groups in total. The monoisotopic (exact) mass is 343 g/mol. The Balaban J connectivity index is 1.79. The molecule has 1 fully saturated rings. The van der Waals surface area contributed by atoms with Crippen molar-refractivity contribution < 1.29 is 18.4 Å². The van der Waals surface area contributed by atoms with Crippen molar-refractivity contribution in [3.05, 3.63) is 71.3 Å². The standard InChI is InChI=1S/C20H19F2NO2/c1-13-18(19(24)14-4-8-16(21)9-5-14)3-2-12-23(13)20(25)15-6-10-17(22)11-7-15/h4-11,13,18H,2-3,12H2,1H3/t13-,18-/m1/s1. The fourth-order valence-electron chi connectivity index (χ4n) is 3.37. The van der Waals surface area contributed by atoms with Crippen molar-refractivity contribution in [1.82, 2.24) is 4.90 Å². The molecule has 0 unspecified atom stereocenters. The van der Waals surface area contributed by atoms with Crippen molar-refractivity contribution in [1.29, 1.82) is 0 Å². The largest absolute Gasteiger partial charge is 0.335 e. The van der Waals surface area contributed by atoms with Crippen molar-refractivity contribution in [3.63, 3.8) is 0 Å². The van der Waals surface area contributed by atoms with Crippen LogP contribution in [-0.2, 0) is 0 Å². The smallest absolute Gasteiger partial charge is 0.254 e. The van der Waals surface area contributed by atoms with Crippen LogP contribution in [0.1, 0.15) is 40.5 Å². The van der Waals surface area contributed by atoms with Crippen LogP contribution >= 0.6 is 0 Å². The highest BCUT2D eigenvalue weighted by Crippen LogP contribution is 2.28. The van der Waals surface area contributed by atoms with Gasteiger partial charge in [-0.05, 0) is 68.3 Å². The molecule has 2 aromatic rings. The van der Waals surface area contributed by atoms with Gasteiger partial charge in [0.25, 0.3) is 5.91 Å². The Labute approximate surface area is 145 Å². The lowest BCUT2D eigenvalue weighted by molar-refractivity contribution is 0.0497. The summed E-state index contributed by atoms with van der Waals surface area (Å²) < 4.78 is 26.1. The minimum absolute atomic E-state index is 0.0795. The zero-order valence-electron chi connectivity index (χ0n) is 13.9. The zero-order valence-corrected chi connectivity index (χ0v) is 13.9. The van der Waals surface area contributed by atoms with Crippen LogP contribution in [0.4, 0.5) is 8.78 Å². The zero-order chi connectivity index (χ0) is 18.0. The van der Waals surface area contributed by atoms with E-state index in [4.69, 9.17) is 0 Å². The molecule has 0 bridgehead atoms. The molecule has 1 aliphatic heterocycles. The number of rotatable bonds is 3. The number of benzene rings is 2. The molecule has 0 spiro atoms. The minimum atomic E-state index is -0.396. The summed E-state index contributed by atoms with van der Waals surface area (Å²) in [4.78, 5) is 27.1. The Kier molecular flexibility index (Phi) is 4.93. The number of hydrogen-bond donors (Lipinski definition) is 0. The van der Waals surface area contributed by atoms with Gasteiger partial charge in [-0.3, -0.25) is 9.59 Å². The number of Topliss-reactive ketones (excluding diaryl/α,β-unsaturated/α-hetero) is 1. The number of carbonyl (C=O) groups excluding carboxylic acids is 2. The summed E-state index contributed by atoms with van der Waals surface area (Å²) in [5, 5.41) is 0. The lowest BCUT2D eigenvalue weighted by atomic mass is 9.83. The normalized spacial score (nSPS) is 20.4. The Morgan fingerprint density at radius 2 is 1.44 bits per heavy atom. The van der Waals surface area contributed by atoms with Gasteiger partial charge in [-0.15, -0.1) is 0 Å². The van der Waals surface area contributed by atoms with Gasteiger partial charge in [-0.25, -0.2) is 8.78 Å². The van der Waals surface area contributed by atoms with Crippen LogP contribution in [-0.4, -0.2) is 29.2 Å². The number of ketones is 1. The molecule has 1 heterocycles. The predicted molar refractivity (Wildman–Crippen MR) is 90.4 cm³/mol. The quantitative estimate of drug-likeness (QED) is 0.787. The topological polar surface area (TPSA) is 37.4 Å². The van der Waals surface area contributed by atoms with Gasteiger partial charge in [0.15, 0.2) is 5.78 Å². The van der Waals surface area contributed by atoms with Crippen molar-refractivity contribution in [2.45, 2.75) is 25.8 Å². The second-order valence-corrected chi connectivity index (χ2v) is 6.37. The van der Waals surface area contributed by atoms with Crippen LogP contribution in [0.2, 0.25) is 0 Å². The number of amides is 1. The van der Waals surface area contributed by atoms with E-state index in [1.807, 2.05) is 6.92 Å². The van der Waals surface area contributed by atoms with Gasteiger partial charge in [0.1, 0.15) is 11.6 Å². The van der Waals surface area contributed by atoms with Gasteiger partial charge in [-0.1, -0.05) is 0 Å². The van der Waals surface area contributed by atoms with Crippen LogP contribution in [0.15, 0.2) is 48.5 Å². The SMILES string of the molecule is C[C@@H]1[C@H](C(=O)c2ccc(F)cc2)CCCN1C(=O)c1ccc(F)cc1. The molecule has 1 saturated heterocycles. The summed E-state index contributed by atoms with van der Waals surface area (Å²) in [6.07, 6.45) is 1.40. The number of halogens is 2. The highest BCUT2D eigenvalue weighted by molar-refractivity contribution is 5.99. The lowest BCUT2D eigenvalue weighted by Crippen LogP contribution is -2.49. The van der Waals surface area contributed by atoms with Crippen LogP contribution in [0.5, 0.6) is 0 Å². The third kappa shape index (κ3) is 3.60. The van der Waals surface area contributed by atoms with Gasteiger partial charge in [0.05, 0.1) is 0 Å². The molecular weight excluding hydrogens is 324 g/mol. The van der Waals surface area contributed by atoms with E-state index >= 15 is 0 Å². The minimum Gasteiger partial charge on any atom is -0.335 e. The van der Waals surface area contributed by atoms with Crippen molar-refractivity contribution >= 4 is 11.7 Å². The van der Waals surface area contributed by atoms with E-state index in [-0.39, 0.29) is 29.5 Å². The van der Waals surface area contributed by atoms with Crippen LogP contribution in [0.3, 0.4) is 0 Å².